The summed E-state index contributed by atoms with van der Waals surface area (Å²) in [5, 5.41) is 10.2. The molecule has 0 saturated carbocycles. The van der Waals surface area contributed by atoms with Crippen LogP contribution in [-0.4, -0.2) is 9.55 Å². The lowest BCUT2D eigenvalue weighted by molar-refractivity contribution is 0.408. The first-order valence-corrected chi connectivity index (χ1v) is 6.65. The molecule has 0 saturated heterocycles. The van der Waals surface area contributed by atoms with Crippen LogP contribution in [-0.2, 0) is 5.54 Å². The van der Waals surface area contributed by atoms with Gasteiger partial charge in [0.1, 0.15) is 11.7 Å². The molecule has 0 spiro atoms. The van der Waals surface area contributed by atoms with Crippen LogP contribution in [0.4, 0.5) is 0 Å². The third kappa shape index (κ3) is 1.83. The molecule has 4 heteroatoms. The smallest absolute Gasteiger partial charge is 0.142 e. The number of pyridine rings is 1. The monoisotopic (exact) mass is 305 g/mol. The van der Waals surface area contributed by atoms with E-state index in [1.54, 1.807) is 0 Å². The van der Waals surface area contributed by atoms with Crippen LogP contribution in [0.15, 0.2) is 10.7 Å². The Morgan fingerprint density at radius 1 is 1.33 bits per heavy atom. The first-order valence-electron chi connectivity index (χ1n) is 5.85. The zero-order valence-corrected chi connectivity index (χ0v) is 12.9. The first kappa shape index (κ1) is 13.1. The van der Waals surface area contributed by atoms with Crippen molar-refractivity contribution in [1.29, 1.82) is 5.26 Å². The Morgan fingerprint density at radius 3 is 2.44 bits per heavy atom. The SMILES string of the molecule is Cc1nc2c(c(C#N)cn2C(C)(C)C)c(C)c1Br. The molecule has 0 amide bonds. The summed E-state index contributed by atoms with van der Waals surface area (Å²) < 4.78 is 3.06. The van der Waals surface area contributed by atoms with Crippen LogP contribution >= 0.6 is 15.9 Å². The van der Waals surface area contributed by atoms with Gasteiger partial charge in [-0.1, -0.05) is 0 Å². The Morgan fingerprint density at radius 2 is 1.94 bits per heavy atom. The molecule has 0 unspecified atom stereocenters. The number of aryl methyl sites for hydroxylation is 2. The Labute approximate surface area is 116 Å². The molecule has 0 aliphatic carbocycles. The molecule has 0 aromatic carbocycles. The summed E-state index contributed by atoms with van der Waals surface area (Å²) in [4.78, 5) is 4.64. The second kappa shape index (κ2) is 4.10. The Hall–Kier alpha value is -1.34. The van der Waals surface area contributed by atoms with Crippen molar-refractivity contribution in [2.24, 2.45) is 0 Å². The van der Waals surface area contributed by atoms with E-state index >= 15 is 0 Å². The van der Waals surface area contributed by atoms with Gasteiger partial charge in [0, 0.05) is 21.6 Å². The zero-order valence-electron chi connectivity index (χ0n) is 11.3. The molecule has 0 atom stereocenters. The third-order valence-electron chi connectivity index (χ3n) is 3.12. The standard InChI is InChI=1S/C14H16BrN3/c1-8-11-10(6-16)7-18(14(3,4)5)13(11)17-9(2)12(8)15/h7H,1-5H3. The van der Waals surface area contributed by atoms with Crippen molar-refractivity contribution in [2.45, 2.75) is 40.2 Å². The van der Waals surface area contributed by atoms with Gasteiger partial charge in [-0.15, -0.1) is 0 Å². The molecular weight excluding hydrogens is 290 g/mol. The van der Waals surface area contributed by atoms with Gasteiger partial charge >= 0.3 is 0 Å². The molecule has 2 aromatic heterocycles. The fourth-order valence-electron chi connectivity index (χ4n) is 2.16. The van der Waals surface area contributed by atoms with Crippen molar-refractivity contribution in [3.05, 3.63) is 27.5 Å². The number of rotatable bonds is 0. The van der Waals surface area contributed by atoms with Crippen LogP contribution in [0.5, 0.6) is 0 Å². The normalized spacial score (nSPS) is 11.8. The summed E-state index contributed by atoms with van der Waals surface area (Å²) >= 11 is 3.54. The fourth-order valence-corrected chi connectivity index (χ4v) is 2.45. The molecule has 2 aromatic rings. The average Bonchev–Trinajstić information content (AvgIpc) is 2.64. The third-order valence-corrected chi connectivity index (χ3v) is 4.29. The second-order valence-corrected chi connectivity index (χ2v) is 6.32. The van der Waals surface area contributed by atoms with E-state index in [0.717, 1.165) is 26.8 Å². The molecule has 3 nitrogen and oxygen atoms in total. The summed E-state index contributed by atoms with van der Waals surface area (Å²) in [7, 11) is 0. The highest BCUT2D eigenvalue weighted by atomic mass is 79.9. The van der Waals surface area contributed by atoms with Crippen LogP contribution in [0.2, 0.25) is 0 Å². The highest BCUT2D eigenvalue weighted by Crippen LogP contribution is 2.33. The summed E-state index contributed by atoms with van der Waals surface area (Å²) in [6, 6.07) is 2.27. The maximum atomic E-state index is 9.29. The van der Waals surface area contributed by atoms with Crippen molar-refractivity contribution in [3.8, 4) is 6.07 Å². The van der Waals surface area contributed by atoms with Gasteiger partial charge in [0.25, 0.3) is 0 Å². The number of halogens is 1. The second-order valence-electron chi connectivity index (χ2n) is 5.53. The predicted molar refractivity (Wildman–Crippen MR) is 76.6 cm³/mol. The number of hydrogen-bond donors (Lipinski definition) is 0. The molecule has 2 rings (SSSR count). The Balaban J connectivity index is 3.00. The molecule has 0 radical (unpaired) electrons. The van der Waals surface area contributed by atoms with E-state index in [9.17, 15) is 5.26 Å². The minimum atomic E-state index is -0.0902. The lowest BCUT2D eigenvalue weighted by atomic mass is 10.1. The molecule has 0 aliphatic rings. The van der Waals surface area contributed by atoms with Gasteiger partial charge < -0.3 is 4.57 Å². The molecule has 0 N–H and O–H groups in total. The minimum Gasteiger partial charge on any atom is -0.326 e. The van der Waals surface area contributed by atoms with Crippen LogP contribution in [0.25, 0.3) is 11.0 Å². The number of fused-ring (bicyclic) bond motifs is 1. The van der Waals surface area contributed by atoms with E-state index < -0.39 is 0 Å². The molecule has 94 valence electrons. The fraction of sp³-hybridized carbons (Fsp3) is 0.429. The van der Waals surface area contributed by atoms with E-state index in [1.165, 1.54) is 0 Å². The van der Waals surface area contributed by atoms with Gasteiger partial charge in [0.15, 0.2) is 0 Å². The largest absolute Gasteiger partial charge is 0.326 e. The molecule has 18 heavy (non-hydrogen) atoms. The van der Waals surface area contributed by atoms with Gasteiger partial charge in [-0.05, 0) is 56.1 Å². The van der Waals surface area contributed by atoms with Crippen molar-refractivity contribution in [1.82, 2.24) is 9.55 Å². The van der Waals surface area contributed by atoms with Crippen molar-refractivity contribution in [3.63, 3.8) is 0 Å². The average molecular weight is 306 g/mol. The number of nitriles is 1. The maximum Gasteiger partial charge on any atom is 0.142 e. The molecule has 0 bridgehead atoms. The summed E-state index contributed by atoms with van der Waals surface area (Å²) in [5.41, 5.74) is 3.51. The zero-order chi connectivity index (χ0) is 13.7. The van der Waals surface area contributed by atoms with Crippen LogP contribution in [0.3, 0.4) is 0 Å². The number of nitrogens with zero attached hydrogens (tertiary/aromatic N) is 3. The number of aromatic nitrogens is 2. The molecule has 0 fully saturated rings. The van der Waals surface area contributed by atoms with Crippen molar-refractivity contribution < 1.29 is 0 Å². The van der Waals surface area contributed by atoms with Gasteiger partial charge in [0.05, 0.1) is 11.3 Å². The van der Waals surface area contributed by atoms with E-state index in [4.69, 9.17) is 0 Å². The minimum absolute atomic E-state index is 0.0902. The van der Waals surface area contributed by atoms with E-state index in [-0.39, 0.29) is 5.54 Å². The van der Waals surface area contributed by atoms with Gasteiger partial charge in [0.2, 0.25) is 0 Å². The molecule has 2 heterocycles. The van der Waals surface area contributed by atoms with Gasteiger partial charge in [-0.2, -0.15) is 5.26 Å². The maximum absolute atomic E-state index is 9.29. The lowest BCUT2D eigenvalue weighted by Crippen LogP contribution is -2.21. The summed E-state index contributed by atoms with van der Waals surface area (Å²) in [6.45, 7) is 10.3. The summed E-state index contributed by atoms with van der Waals surface area (Å²) in [6.07, 6.45) is 1.90. The van der Waals surface area contributed by atoms with Crippen LogP contribution in [0, 0.1) is 25.2 Å². The van der Waals surface area contributed by atoms with E-state index in [1.807, 2.05) is 20.0 Å². The van der Waals surface area contributed by atoms with E-state index in [2.05, 4.69) is 52.3 Å². The van der Waals surface area contributed by atoms with Crippen LogP contribution < -0.4 is 0 Å². The molecule has 0 aliphatic heterocycles. The lowest BCUT2D eigenvalue weighted by Gasteiger charge is -2.22. The molecular formula is C14H16BrN3. The Kier molecular flexibility index (Phi) is 2.98. The van der Waals surface area contributed by atoms with Crippen molar-refractivity contribution in [2.75, 3.05) is 0 Å². The highest BCUT2D eigenvalue weighted by Gasteiger charge is 2.22. The Bertz CT molecular complexity index is 669. The topological polar surface area (TPSA) is 41.6 Å². The first-order chi connectivity index (χ1) is 8.27. The summed E-state index contributed by atoms with van der Waals surface area (Å²) in [5.74, 6) is 0. The highest BCUT2D eigenvalue weighted by molar-refractivity contribution is 9.10. The quantitative estimate of drug-likeness (QED) is 0.737. The number of hydrogen-bond acceptors (Lipinski definition) is 2. The van der Waals surface area contributed by atoms with Crippen LogP contribution in [0.1, 0.15) is 37.6 Å². The van der Waals surface area contributed by atoms with Crippen molar-refractivity contribution >= 4 is 27.0 Å². The predicted octanol–water partition coefficient (Wildman–Crippen LogP) is 4.04. The van der Waals surface area contributed by atoms with Gasteiger partial charge in [-0.25, -0.2) is 4.98 Å². The van der Waals surface area contributed by atoms with Gasteiger partial charge in [-0.3, -0.25) is 0 Å². The van der Waals surface area contributed by atoms with E-state index in [0.29, 0.717) is 5.56 Å².